The van der Waals surface area contributed by atoms with Crippen LogP contribution >= 0.6 is 11.3 Å². The molecule has 0 aliphatic heterocycles. The van der Waals surface area contributed by atoms with Gasteiger partial charge in [-0.25, -0.2) is 4.98 Å². The van der Waals surface area contributed by atoms with Crippen LogP contribution in [0.2, 0.25) is 0 Å². The van der Waals surface area contributed by atoms with Gasteiger partial charge >= 0.3 is 0 Å². The summed E-state index contributed by atoms with van der Waals surface area (Å²) < 4.78 is 5.13. The number of amides is 3. The molecule has 3 aromatic rings. The molecule has 10 heteroatoms. The summed E-state index contributed by atoms with van der Waals surface area (Å²) in [6, 6.07) is 17.1. The topological polar surface area (TPSA) is 95.1 Å². The Morgan fingerprint density at radius 3 is 2.33 bits per heavy atom. The van der Waals surface area contributed by atoms with Crippen LogP contribution in [0.3, 0.4) is 0 Å². The summed E-state index contributed by atoms with van der Waals surface area (Å²) in [4.78, 5) is 48.8. The lowest BCUT2D eigenvalue weighted by Gasteiger charge is -2.24. The van der Waals surface area contributed by atoms with E-state index in [9.17, 15) is 14.4 Å². The highest BCUT2D eigenvalue weighted by atomic mass is 32.1. The van der Waals surface area contributed by atoms with Gasteiger partial charge in [0.25, 0.3) is 5.91 Å². The largest absolute Gasteiger partial charge is 0.383 e. The maximum atomic E-state index is 13.2. The van der Waals surface area contributed by atoms with Gasteiger partial charge in [-0.1, -0.05) is 48.0 Å². The minimum absolute atomic E-state index is 0.0293. The molecule has 0 saturated carbocycles. The van der Waals surface area contributed by atoms with Crippen LogP contribution in [0.25, 0.3) is 0 Å². The van der Waals surface area contributed by atoms with Gasteiger partial charge in [0.05, 0.1) is 18.7 Å². The van der Waals surface area contributed by atoms with Crippen LogP contribution in [-0.4, -0.2) is 91.4 Å². The fraction of sp³-hybridized carbons (Fsp3) is 0.379. The van der Waals surface area contributed by atoms with Crippen LogP contribution in [-0.2, 0) is 27.3 Å². The highest BCUT2D eigenvalue weighted by Crippen LogP contribution is 2.17. The SMILES string of the molecule is COCCN(CC(=O)Nc1nc(CC(=O)N(CCN(C)C)Cc2ccccc2)cs1)C(=O)c1ccc(C)cc1. The van der Waals surface area contributed by atoms with Crippen molar-refractivity contribution in [1.29, 1.82) is 0 Å². The standard InChI is InChI=1S/C29H37N5O4S/c1-22-10-12-24(13-11-22)28(37)34(16-17-38-4)20-26(35)31-29-30-25(21-39-29)18-27(36)33(15-14-32(2)3)19-23-8-6-5-7-9-23/h5-13,21H,14-20H2,1-4H3,(H,30,31,35). The normalized spacial score (nSPS) is 10.9. The molecule has 208 valence electrons. The Bertz CT molecular complexity index is 1210. The van der Waals surface area contributed by atoms with E-state index < -0.39 is 0 Å². The number of rotatable bonds is 14. The molecule has 2 aromatic carbocycles. The molecule has 1 N–H and O–H groups in total. The summed E-state index contributed by atoms with van der Waals surface area (Å²) in [5.41, 5.74) is 3.21. The van der Waals surface area contributed by atoms with Crippen molar-refractivity contribution in [3.8, 4) is 0 Å². The molecule has 0 aliphatic carbocycles. The van der Waals surface area contributed by atoms with Gasteiger partial charge in [-0.3, -0.25) is 14.4 Å². The third kappa shape index (κ3) is 9.90. The van der Waals surface area contributed by atoms with Crippen molar-refractivity contribution < 1.29 is 19.1 Å². The quantitative estimate of drug-likeness (QED) is 0.330. The van der Waals surface area contributed by atoms with Crippen molar-refractivity contribution in [2.24, 2.45) is 0 Å². The molecule has 0 unspecified atom stereocenters. The lowest BCUT2D eigenvalue weighted by molar-refractivity contribution is -0.131. The van der Waals surface area contributed by atoms with Crippen molar-refractivity contribution in [1.82, 2.24) is 19.7 Å². The molecule has 0 atom stereocenters. The predicted octanol–water partition coefficient (Wildman–Crippen LogP) is 3.31. The van der Waals surface area contributed by atoms with Crippen LogP contribution in [0.5, 0.6) is 0 Å². The fourth-order valence-electron chi connectivity index (χ4n) is 3.79. The number of anilines is 1. The second-order valence-electron chi connectivity index (χ2n) is 9.56. The number of methoxy groups -OCH3 is 1. The number of carbonyl (C=O) groups excluding carboxylic acids is 3. The summed E-state index contributed by atoms with van der Waals surface area (Å²) in [5, 5.41) is 4.94. The number of benzene rings is 2. The van der Waals surface area contributed by atoms with E-state index in [0.29, 0.717) is 36.1 Å². The number of aromatic nitrogens is 1. The molecule has 0 spiro atoms. The van der Waals surface area contributed by atoms with Gasteiger partial charge in [-0.15, -0.1) is 11.3 Å². The fourth-order valence-corrected chi connectivity index (χ4v) is 4.52. The molecule has 0 bridgehead atoms. The summed E-state index contributed by atoms with van der Waals surface area (Å²) in [5.74, 6) is -0.641. The minimum Gasteiger partial charge on any atom is -0.383 e. The minimum atomic E-state index is -0.365. The summed E-state index contributed by atoms with van der Waals surface area (Å²) in [6.07, 6.45) is 0.137. The molecule has 1 aromatic heterocycles. The zero-order valence-electron chi connectivity index (χ0n) is 23.1. The molecule has 1 heterocycles. The Labute approximate surface area is 234 Å². The first-order chi connectivity index (χ1) is 18.7. The van der Waals surface area contributed by atoms with E-state index in [-0.39, 0.29) is 37.2 Å². The number of nitrogens with one attached hydrogen (secondary N) is 1. The van der Waals surface area contributed by atoms with Gasteiger partial charge in [0.15, 0.2) is 5.13 Å². The van der Waals surface area contributed by atoms with Gasteiger partial charge in [-0.05, 0) is 38.7 Å². The second-order valence-corrected chi connectivity index (χ2v) is 10.4. The first-order valence-electron chi connectivity index (χ1n) is 12.8. The maximum Gasteiger partial charge on any atom is 0.254 e. The van der Waals surface area contributed by atoms with E-state index in [2.05, 4.69) is 10.3 Å². The van der Waals surface area contributed by atoms with E-state index in [0.717, 1.165) is 17.7 Å². The molecule has 9 nitrogen and oxygen atoms in total. The molecular formula is C29H37N5O4S. The number of hydrogen-bond acceptors (Lipinski definition) is 7. The van der Waals surface area contributed by atoms with E-state index in [1.807, 2.05) is 73.3 Å². The van der Waals surface area contributed by atoms with Crippen LogP contribution in [0.4, 0.5) is 5.13 Å². The number of nitrogens with zero attached hydrogens (tertiary/aromatic N) is 4. The average Bonchev–Trinajstić information content (AvgIpc) is 3.35. The second kappa shape index (κ2) is 15.1. The van der Waals surface area contributed by atoms with Crippen LogP contribution < -0.4 is 5.32 Å². The van der Waals surface area contributed by atoms with Gasteiger partial charge in [0, 0.05) is 44.2 Å². The van der Waals surface area contributed by atoms with Crippen LogP contribution in [0.15, 0.2) is 60.0 Å². The summed E-state index contributed by atoms with van der Waals surface area (Å²) >= 11 is 1.25. The smallest absolute Gasteiger partial charge is 0.254 e. The average molecular weight is 552 g/mol. The first-order valence-corrected chi connectivity index (χ1v) is 13.7. The first kappa shape index (κ1) is 29.9. The van der Waals surface area contributed by atoms with Gasteiger partial charge in [0.1, 0.15) is 6.54 Å². The highest BCUT2D eigenvalue weighted by Gasteiger charge is 2.20. The Hall–Kier alpha value is -3.60. The number of aryl methyl sites for hydroxylation is 1. The number of ether oxygens (including phenoxy) is 1. The lowest BCUT2D eigenvalue weighted by Crippen LogP contribution is -2.40. The number of likely N-dealkylation sites (N-methyl/N-ethyl adjacent to an activating group) is 1. The lowest BCUT2D eigenvalue weighted by atomic mass is 10.1. The van der Waals surface area contributed by atoms with Crippen molar-refractivity contribution in [2.45, 2.75) is 19.9 Å². The summed E-state index contributed by atoms with van der Waals surface area (Å²) in [6.45, 7) is 4.26. The van der Waals surface area contributed by atoms with Crippen LogP contribution in [0, 0.1) is 6.92 Å². The van der Waals surface area contributed by atoms with E-state index in [1.165, 1.54) is 16.2 Å². The molecule has 0 radical (unpaired) electrons. The van der Waals surface area contributed by atoms with Crippen molar-refractivity contribution >= 4 is 34.2 Å². The Morgan fingerprint density at radius 1 is 0.949 bits per heavy atom. The monoisotopic (exact) mass is 551 g/mol. The molecule has 0 saturated heterocycles. The molecule has 0 fully saturated rings. The zero-order valence-corrected chi connectivity index (χ0v) is 23.9. The van der Waals surface area contributed by atoms with Gasteiger partial charge in [0.2, 0.25) is 11.8 Å². The number of carbonyl (C=O) groups is 3. The molecular weight excluding hydrogens is 514 g/mol. The molecule has 3 rings (SSSR count). The third-order valence-corrected chi connectivity index (χ3v) is 6.81. The van der Waals surface area contributed by atoms with Crippen molar-refractivity contribution in [3.05, 3.63) is 82.4 Å². The Balaban J connectivity index is 1.60. The Morgan fingerprint density at radius 2 is 1.67 bits per heavy atom. The van der Waals surface area contributed by atoms with Crippen LogP contribution in [0.1, 0.15) is 27.2 Å². The Kier molecular flexibility index (Phi) is 11.6. The molecule has 39 heavy (non-hydrogen) atoms. The van der Waals surface area contributed by atoms with Crippen molar-refractivity contribution in [3.63, 3.8) is 0 Å². The molecule has 3 amide bonds. The van der Waals surface area contributed by atoms with Crippen molar-refractivity contribution in [2.75, 3.05) is 59.3 Å². The molecule has 0 aliphatic rings. The number of hydrogen-bond donors (Lipinski definition) is 1. The highest BCUT2D eigenvalue weighted by molar-refractivity contribution is 7.13. The zero-order chi connectivity index (χ0) is 28.2. The van der Waals surface area contributed by atoms with E-state index >= 15 is 0 Å². The van der Waals surface area contributed by atoms with Gasteiger partial charge in [-0.2, -0.15) is 0 Å². The number of thiazole rings is 1. The maximum absolute atomic E-state index is 13.2. The van der Waals surface area contributed by atoms with Gasteiger partial charge < -0.3 is 24.8 Å². The summed E-state index contributed by atoms with van der Waals surface area (Å²) in [7, 11) is 5.51. The predicted molar refractivity (Wildman–Crippen MR) is 154 cm³/mol. The third-order valence-electron chi connectivity index (χ3n) is 6.00. The van der Waals surface area contributed by atoms with E-state index in [4.69, 9.17) is 4.74 Å². The van der Waals surface area contributed by atoms with E-state index in [1.54, 1.807) is 24.6 Å².